The summed E-state index contributed by atoms with van der Waals surface area (Å²) in [5.74, 6) is -0.661. The Morgan fingerprint density at radius 2 is 2.36 bits per heavy atom. The van der Waals surface area contributed by atoms with Crippen LogP contribution in [0.2, 0.25) is 0 Å². The molecular weight excluding hydrogens is 204 g/mol. The SMILES string of the molecule is NC(=O)c1nn(-c2nncs2)cc1N. The maximum Gasteiger partial charge on any atom is 0.271 e. The fourth-order valence-electron chi connectivity index (χ4n) is 0.944. The molecule has 8 heteroatoms. The number of nitrogens with zero attached hydrogens (tertiary/aromatic N) is 4. The van der Waals surface area contributed by atoms with E-state index in [0.29, 0.717) is 5.13 Å². The van der Waals surface area contributed by atoms with Crippen LogP contribution >= 0.6 is 11.3 Å². The van der Waals surface area contributed by atoms with Gasteiger partial charge in [0.25, 0.3) is 5.91 Å². The van der Waals surface area contributed by atoms with Gasteiger partial charge in [0.1, 0.15) is 5.51 Å². The van der Waals surface area contributed by atoms with E-state index in [0.717, 1.165) is 0 Å². The summed E-state index contributed by atoms with van der Waals surface area (Å²) in [6.07, 6.45) is 1.47. The highest BCUT2D eigenvalue weighted by molar-refractivity contribution is 7.11. The topological polar surface area (TPSA) is 113 Å². The summed E-state index contributed by atoms with van der Waals surface area (Å²) in [6, 6.07) is 0. The number of rotatable bonds is 2. The fourth-order valence-corrected chi connectivity index (χ4v) is 1.43. The zero-order valence-corrected chi connectivity index (χ0v) is 7.73. The molecule has 0 spiro atoms. The molecule has 0 unspecified atom stereocenters. The van der Waals surface area contributed by atoms with Crippen LogP contribution in [0.5, 0.6) is 0 Å². The molecule has 1 amide bonds. The van der Waals surface area contributed by atoms with Crippen LogP contribution in [0.4, 0.5) is 5.69 Å². The van der Waals surface area contributed by atoms with Crippen molar-refractivity contribution in [2.24, 2.45) is 5.73 Å². The first kappa shape index (κ1) is 8.63. The molecule has 2 rings (SSSR count). The van der Waals surface area contributed by atoms with Crippen LogP contribution in [0.25, 0.3) is 5.13 Å². The molecule has 0 radical (unpaired) electrons. The molecule has 0 bridgehead atoms. The molecule has 2 aromatic rings. The number of hydrogen-bond acceptors (Lipinski definition) is 6. The number of carbonyl (C=O) groups excluding carboxylic acids is 1. The van der Waals surface area contributed by atoms with Gasteiger partial charge in [-0.25, -0.2) is 4.68 Å². The van der Waals surface area contributed by atoms with Gasteiger partial charge in [-0.15, -0.1) is 10.2 Å². The molecule has 2 heterocycles. The second-order valence-electron chi connectivity index (χ2n) is 2.46. The lowest BCUT2D eigenvalue weighted by atomic mass is 10.4. The van der Waals surface area contributed by atoms with Crippen LogP contribution in [0.1, 0.15) is 10.5 Å². The molecule has 0 aliphatic carbocycles. The van der Waals surface area contributed by atoms with Crippen LogP contribution in [0, 0.1) is 0 Å². The molecular formula is C6H6N6OS. The van der Waals surface area contributed by atoms with Gasteiger partial charge in [-0.1, -0.05) is 11.3 Å². The predicted octanol–water partition coefficient (Wildman–Crippen LogP) is -0.595. The van der Waals surface area contributed by atoms with E-state index >= 15 is 0 Å². The zero-order chi connectivity index (χ0) is 10.1. The first-order valence-corrected chi connectivity index (χ1v) is 4.48. The van der Waals surface area contributed by atoms with Crippen molar-refractivity contribution < 1.29 is 4.79 Å². The van der Waals surface area contributed by atoms with Gasteiger partial charge in [-0.2, -0.15) is 5.10 Å². The molecule has 0 saturated carbocycles. The molecule has 14 heavy (non-hydrogen) atoms. The summed E-state index contributed by atoms with van der Waals surface area (Å²) in [6.45, 7) is 0. The predicted molar refractivity (Wildman–Crippen MR) is 50.0 cm³/mol. The summed E-state index contributed by atoms with van der Waals surface area (Å²) in [5.41, 5.74) is 12.4. The van der Waals surface area contributed by atoms with E-state index in [-0.39, 0.29) is 11.4 Å². The van der Waals surface area contributed by atoms with Crippen molar-refractivity contribution in [1.82, 2.24) is 20.0 Å². The van der Waals surface area contributed by atoms with Gasteiger partial charge in [-0.05, 0) is 0 Å². The van der Waals surface area contributed by atoms with E-state index in [1.54, 1.807) is 5.51 Å². The highest BCUT2D eigenvalue weighted by atomic mass is 32.1. The first-order valence-electron chi connectivity index (χ1n) is 3.60. The van der Waals surface area contributed by atoms with E-state index in [4.69, 9.17) is 11.5 Å². The summed E-state index contributed by atoms with van der Waals surface area (Å²) in [4.78, 5) is 10.8. The molecule has 0 atom stereocenters. The van der Waals surface area contributed by atoms with Crippen molar-refractivity contribution in [3.63, 3.8) is 0 Å². The van der Waals surface area contributed by atoms with Crippen molar-refractivity contribution in [2.45, 2.75) is 0 Å². The van der Waals surface area contributed by atoms with Gasteiger partial charge in [0, 0.05) is 0 Å². The third kappa shape index (κ3) is 1.31. The van der Waals surface area contributed by atoms with E-state index in [1.807, 2.05) is 0 Å². The normalized spacial score (nSPS) is 10.3. The monoisotopic (exact) mass is 210 g/mol. The van der Waals surface area contributed by atoms with Crippen molar-refractivity contribution in [3.05, 3.63) is 17.4 Å². The van der Waals surface area contributed by atoms with Gasteiger partial charge >= 0.3 is 0 Å². The van der Waals surface area contributed by atoms with Gasteiger partial charge < -0.3 is 11.5 Å². The summed E-state index contributed by atoms with van der Waals surface area (Å²) < 4.78 is 1.37. The summed E-state index contributed by atoms with van der Waals surface area (Å²) in [7, 11) is 0. The molecule has 72 valence electrons. The number of primary amides is 1. The maximum absolute atomic E-state index is 10.8. The van der Waals surface area contributed by atoms with Gasteiger partial charge in [0.2, 0.25) is 5.13 Å². The van der Waals surface area contributed by atoms with Crippen molar-refractivity contribution >= 4 is 22.9 Å². The third-order valence-electron chi connectivity index (χ3n) is 1.52. The average molecular weight is 210 g/mol. The summed E-state index contributed by atoms with van der Waals surface area (Å²) in [5, 5.41) is 11.8. The third-order valence-corrected chi connectivity index (χ3v) is 2.20. The van der Waals surface area contributed by atoms with Crippen LogP contribution in [0.3, 0.4) is 0 Å². The minimum atomic E-state index is -0.661. The Balaban J connectivity index is 2.48. The average Bonchev–Trinajstić information content (AvgIpc) is 2.70. The Labute approximate surface area is 82.4 Å². The fraction of sp³-hybridized carbons (Fsp3) is 0. The van der Waals surface area contributed by atoms with Crippen molar-refractivity contribution in [2.75, 3.05) is 5.73 Å². The lowest BCUT2D eigenvalue weighted by molar-refractivity contribution is 0.0996. The number of hydrogen-bond donors (Lipinski definition) is 2. The largest absolute Gasteiger partial charge is 0.396 e. The maximum atomic E-state index is 10.8. The molecule has 0 aliphatic rings. The Bertz CT molecular complexity index is 461. The minimum absolute atomic E-state index is 0.0419. The van der Waals surface area contributed by atoms with Crippen molar-refractivity contribution in [3.8, 4) is 5.13 Å². The Morgan fingerprint density at radius 1 is 1.57 bits per heavy atom. The second-order valence-corrected chi connectivity index (χ2v) is 3.27. The quantitative estimate of drug-likeness (QED) is 0.687. The molecule has 7 nitrogen and oxygen atoms in total. The smallest absolute Gasteiger partial charge is 0.271 e. The number of anilines is 1. The molecule has 0 aliphatic heterocycles. The van der Waals surface area contributed by atoms with Gasteiger partial charge in [0.05, 0.1) is 11.9 Å². The molecule has 0 fully saturated rings. The number of amides is 1. The Kier molecular flexibility index (Phi) is 1.89. The number of nitrogen functional groups attached to an aromatic ring is 1. The van der Waals surface area contributed by atoms with Crippen LogP contribution in [0.15, 0.2) is 11.7 Å². The highest BCUT2D eigenvalue weighted by Gasteiger charge is 2.13. The van der Waals surface area contributed by atoms with E-state index in [9.17, 15) is 4.79 Å². The van der Waals surface area contributed by atoms with E-state index in [2.05, 4.69) is 15.3 Å². The molecule has 4 N–H and O–H groups in total. The van der Waals surface area contributed by atoms with Crippen LogP contribution in [-0.2, 0) is 0 Å². The van der Waals surface area contributed by atoms with E-state index in [1.165, 1.54) is 22.2 Å². The highest BCUT2D eigenvalue weighted by Crippen LogP contribution is 2.14. The van der Waals surface area contributed by atoms with Crippen LogP contribution in [-0.4, -0.2) is 25.9 Å². The molecule has 2 aromatic heterocycles. The zero-order valence-electron chi connectivity index (χ0n) is 6.91. The molecule has 0 aromatic carbocycles. The minimum Gasteiger partial charge on any atom is -0.396 e. The van der Waals surface area contributed by atoms with Gasteiger partial charge in [-0.3, -0.25) is 4.79 Å². The van der Waals surface area contributed by atoms with E-state index < -0.39 is 5.91 Å². The number of carbonyl (C=O) groups is 1. The standard InChI is InChI=1S/C6H6N6OS/c7-3-1-12(6-10-9-2-14-6)11-4(3)5(8)13/h1-2H,7H2,(H2,8,13). The molecule has 0 saturated heterocycles. The lowest BCUT2D eigenvalue weighted by Crippen LogP contribution is -2.13. The van der Waals surface area contributed by atoms with Crippen molar-refractivity contribution in [1.29, 1.82) is 0 Å². The van der Waals surface area contributed by atoms with Crippen LogP contribution < -0.4 is 11.5 Å². The summed E-state index contributed by atoms with van der Waals surface area (Å²) >= 11 is 1.28. The van der Waals surface area contributed by atoms with Gasteiger partial charge in [0.15, 0.2) is 5.69 Å². The first-order chi connectivity index (χ1) is 6.68. The Morgan fingerprint density at radius 3 is 2.86 bits per heavy atom. The number of nitrogens with two attached hydrogens (primary N) is 2. The lowest BCUT2D eigenvalue weighted by Gasteiger charge is -1.90. The number of aromatic nitrogens is 4. The Hall–Kier alpha value is -1.96. The second kappa shape index (κ2) is 3.07.